The Morgan fingerprint density at radius 2 is 1.85 bits per heavy atom. The van der Waals surface area contributed by atoms with Crippen molar-refractivity contribution in [1.29, 1.82) is 0 Å². The van der Waals surface area contributed by atoms with Crippen LogP contribution in [-0.4, -0.2) is 80.0 Å². The molecular weight excluding hydrogens is 434 g/mol. The second kappa shape index (κ2) is 11.9. The van der Waals surface area contributed by atoms with E-state index in [0.29, 0.717) is 25.7 Å². The van der Waals surface area contributed by atoms with Crippen molar-refractivity contribution in [2.24, 2.45) is 5.92 Å². The lowest BCUT2D eigenvalue weighted by atomic mass is 9.89. The van der Waals surface area contributed by atoms with Crippen LogP contribution in [0.1, 0.15) is 30.7 Å². The zero-order valence-corrected chi connectivity index (χ0v) is 19.7. The van der Waals surface area contributed by atoms with Crippen LogP contribution < -0.4 is 10.2 Å². The molecule has 0 saturated carbocycles. The maximum atomic E-state index is 12.8. The number of rotatable bonds is 9. The lowest BCUT2D eigenvalue weighted by molar-refractivity contribution is -0.137. The number of hydrogen-bond donors (Lipinski definition) is 1. The highest BCUT2D eigenvalue weighted by Crippen LogP contribution is 2.29. The number of amides is 2. The Hall–Kier alpha value is -3.04. The van der Waals surface area contributed by atoms with Crippen molar-refractivity contribution in [3.8, 4) is 0 Å². The zero-order chi connectivity index (χ0) is 23.8. The number of methoxy groups -OCH3 is 1. The molecule has 9 nitrogen and oxygen atoms in total. The van der Waals surface area contributed by atoms with E-state index >= 15 is 0 Å². The molecule has 9 heteroatoms. The summed E-state index contributed by atoms with van der Waals surface area (Å²) >= 11 is 0. The molecule has 3 heterocycles. The van der Waals surface area contributed by atoms with Gasteiger partial charge in [0.1, 0.15) is 6.61 Å². The van der Waals surface area contributed by atoms with Gasteiger partial charge in [0.2, 0.25) is 11.8 Å². The van der Waals surface area contributed by atoms with Crippen LogP contribution >= 0.6 is 0 Å². The topological polar surface area (TPSA) is 96.9 Å². The number of aromatic nitrogens is 2. The van der Waals surface area contributed by atoms with E-state index < -0.39 is 0 Å². The summed E-state index contributed by atoms with van der Waals surface area (Å²) in [6, 6.07) is 11.9. The molecule has 0 radical (unpaired) electrons. The first-order valence-corrected chi connectivity index (χ1v) is 11.9. The Bertz CT molecular complexity index is 932. The molecule has 0 aliphatic carbocycles. The number of hydrogen-bond acceptors (Lipinski definition) is 7. The largest absolute Gasteiger partial charge is 0.382 e. The Morgan fingerprint density at radius 3 is 2.56 bits per heavy atom. The molecule has 1 aromatic heterocycles. The van der Waals surface area contributed by atoms with Gasteiger partial charge >= 0.3 is 0 Å². The predicted octanol–water partition coefficient (Wildman–Crippen LogP) is 2.31. The minimum absolute atomic E-state index is 0.0393. The summed E-state index contributed by atoms with van der Waals surface area (Å²) in [5.41, 5.74) is 2.06. The van der Waals surface area contributed by atoms with Crippen LogP contribution in [-0.2, 0) is 19.1 Å². The third kappa shape index (κ3) is 6.30. The number of carbonyl (C=O) groups excluding carboxylic acids is 2. The van der Waals surface area contributed by atoms with Gasteiger partial charge in [-0.15, -0.1) is 5.10 Å². The van der Waals surface area contributed by atoms with Gasteiger partial charge in [0.25, 0.3) is 0 Å². The van der Waals surface area contributed by atoms with Crippen LogP contribution in [0.15, 0.2) is 42.6 Å². The minimum Gasteiger partial charge on any atom is -0.382 e. The molecule has 1 unspecified atom stereocenters. The monoisotopic (exact) mass is 467 g/mol. The zero-order valence-electron chi connectivity index (χ0n) is 19.7. The molecule has 2 fully saturated rings. The van der Waals surface area contributed by atoms with Gasteiger partial charge in [-0.1, -0.05) is 12.1 Å². The Balaban J connectivity index is 1.22. The smallest absolute Gasteiger partial charge is 0.248 e. The van der Waals surface area contributed by atoms with Gasteiger partial charge in [-0.2, -0.15) is 5.10 Å². The molecule has 2 aromatic rings. The van der Waals surface area contributed by atoms with Crippen LogP contribution in [0.4, 0.5) is 11.5 Å². The van der Waals surface area contributed by atoms with Crippen molar-refractivity contribution in [2.45, 2.75) is 25.2 Å². The third-order valence-corrected chi connectivity index (χ3v) is 6.60. The van der Waals surface area contributed by atoms with E-state index in [9.17, 15) is 9.59 Å². The third-order valence-electron chi connectivity index (χ3n) is 6.60. The van der Waals surface area contributed by atoms with Crippen molar-refractivity contribution in [1.82, 2.24) is 15.1 Å². The van der Waals surface area contributed by atoms with E-state index in [1.807, 2.05) is 29.2 Å². The van der Waals surface area contributed by atoms with E-state index in [2.05, 4.69) is 32.5 Å². The van der Waals surface area contributed by atoms with Crippen molar-refractivity contribution in [3.63, 3.8) is 0 Å². The molecule has 1 aromatic carbocycles. The number of likely N-dealkylation sites (tertiary alicyclic amines) is 1. The van der Waals surface area contributed by atoms with Gasteiger partial charge < -0.3 is 24.6 Å². The van der Waals surface area contributed by atoms with Crippen LogP contribution in [0.2, 0.25) is 0 Å². The minimum atomic E-state index is -0.0676. The second-order valence-electron chi connectivity index (χ2n) is 8.83. The first-order valence-electron chi connectivity index (χ1n) is 11.9. The average Bonchev–Trinajstić information content (AvgIpc) is 3.38. The SMILES string of the molecule is COCCOCC(=O)N1CCC(c2ccc(NC(=O)C3CCN(c4cccnn4)C3)cc2)CC1. The lowest BCUT2D eigenvalue weighted by Gasteiger charge is -2.32. The standard InChI is InChI=1S/C25H33N5O4/c1-33-15-16-34-18-24(31)29-12-8-20(9-13-29)19-4-6-22(7-5-19)27-25(32)21-10-14-30(17-21)23-3-2-11-26-28-23/h2-7,11,20-21H,8-10,12-18H2,1H3,(H,27,32). The molecule has 0 bridgehead atoms. The van der Waals surface area contributed by atoms with Gasteiger partial charge in [0.05, 0.1) is 19.1 Å². The van der Waals surface area contributed by atoms with Gasteiger partial charge in [-0.3, -0.25) is 9.59 Å². The number of anilines is 2. The Morgan fingerprint density at radius 1 is 1.06 bits per heavy atom. The van der Waals surface area contributed by atoms with E-state index in [-0.39, 0.29) is 24.3 Å². The molecule has 2 aliphatic heterocycles. The summed E-state index contributed by atoms with van der Waals surface area (Å²) in [5, 5.41) is 11.1. The number of carbonyl (C=O) groups is 2. The van der Waals surface area contributed by atoms with Gasteiger partial charge in [-0.25, -0.2) is 0 Å². The number of nitrogens with zero attached hydrogens (tertiary/aromatic N) is 4. The van der Waals surface area contributed by atoms with Gasteiger partial charge in [-0.05, 0) is 55.0 Å². The van der Waals surface area contributed by atoms with E-state index in [4.69, 9.17) is 9.47 Å². The molecule has 4 rings (SSSR count). The van der Waals surface area contributed by atoms with Crippen molar-refractivity contribution >= 4 is 23.3 Å². The summed E-state index contributed by atoms with van der Waals surface area (Å²) < 4.78 is 10.3. The highest BCUT2D eigenvalue weighted by molar-refractivity contribution is 5.93. The van der Waals surface area contributed by atoms with Crippen LogP contribution in [0.5, 0.6) is 0 Å². The molecule has 1 atom stereocenters. The highest BCUT2D eigenvalue weighted by atomic mass is 16.5. The summed E-state index contributed by atoms with van der Waals surface area (Å²) in [4.78, 5) is 29.0. The highest BCUT2D eigenvalue weighted by Gasteiger charge is 2.29. The maximum absolute atomic E-state index is 12.8. The molecule has 182 valence electrons. The number of benzene rings is 1. The second-order valence-corrected chi connectivity index (χ2v) is 8.83. The van der Waals surface area contributed by atoms with Crippen molar-refractivity contribution in [2.75, 3.05) is 63.3 Å². The average molecular weight is 468 g/mol. The molecule has 34 heavy (non-hydrogen) atoms. The molecule has 1 N–H and O–H groups in total. The number of nitrogens with one attached hydrogen (secondary N) is 1. The summed E-state index contributed by atoms with van der Waals surface area (Å²) in [6.45, 7) is 3.96. The summed E-state index contributed by atoms with van der Waals surface area (Å²) in [5.74, 6) is 1.24. The van der Waals surface area contributed by atoms with Crippen molar-refractivity contribution < 1.29 is 19.1 Å². The molecular formula is C25H33N5O4. The first-order chi connectivity index (χ1) is 16.6. The molecule has 2 saturated heterocycles. The van der Waals surface area contributed by atoms with Crippen LogP contribution in [0.25, 0.3) is 0 Å². The first kappa shape index (κ1) is 24.1. The van der Waals surface area contributed by atoms with Gasteiger partial charge in [0.15, 0.2) is 5.82 Å². The van der Waals surface area contributed by atoms with Crippen molar-refractivity contribution in [3.05, 3.63) is 48.2 Å². The fourth-order valence-corrected chi connectivity index (χ4v) is 4.58. The summed E-state index contributed by atoms with van der Waals surface area (Å²) in [7, 11) is 1.61. The van der Waals surface area contributed by atoms with Gasteiger partial charge in [0, 0.05) is 45.2 Å². The summed E-state index contributed by atoms with van der Waals surface area (Å²) in [6.07, 6.45) is 4.30. The normalized spacial score (nSPS) is 18.8. The fourth-order valence-electron chi connectivity index (χ4n) is 4.58. The van der Waals surface area contributed by atoms with E-state index in [1.165, 1.54) is 5.56 Å². The molecule has 0 spiro atoms. The number of piperidine rings is 1. The molecule has 2 aliphatic rings. The fraction of sp³-hybridized carbons (Fsp3) is 0.520. The Kier molecular flexibility index (Phi) is 8.43. The van der Waals surface area contributed by atoms with Crippen LogP contribution in [0.3, 0.4) is 0 Å². The van der Waals surface area contributed by atoms with Crippen LogP contribution in [0, 0.1) is 5.92 Å². The lowest BCUT2D eigenvalue weighted by Crippen LogP contribution is -2.40. The predicted molar refractivity (Wildman–Crippen MR) is 129 cm³/mol. The molecule has 2 amide bonds. The quantitative estimate of drug-likeness (QED) is 0.565. The number of ether oxygens (including phenoxy) is 2. The Labute approximate surface area is 200 Å². The maximum Gasteiger partial charge on any atom is 0.248 e. The van der Waals surface area contributed by atoms with E-state index in [0.717, 1.165) is 50.4 Å². The van der Waals surface area contributed by atoms with E-state index in [1.54, 1.807) is 13.3 Å².